The first kappa shape index (κ1) is 15.0. The summed E-state index contributed by atoms with van der Waals surface area (Å²) in [6, 6.07) is 11.4. The molecule has 4 rings (SSSR count). The van der Waals surface area contributed by atoms with Crippen LogP contribution in [0.25, 0.3) is 0 Å². The highest BCUT2D eigenvalue weighted by atomic mass is 19.1. The van der Waals surface area contributed by atoms with E-state index in [0.29, 0.717) is 0 Å². The van der Waals surface area contributed by atoms with Crippen LogP contribution in [0.1, 0.15) is 30.1 Å². The van der Waals surface area contributed by atoms with Gasteiger partial charge in [-0.1, -0.05) is 18.2 Å². The molecule has 0 radical (unpaired) electrons. The summed E-state index contributed by atoms with van der Waals surface area (Å²) in [5, 5.41) is 15.4. The van der Waals surface area contributed by atoms with Gasteiger partial charge in [0.15, 0.2) is 0 Å². The fraction of sp³-hybridized carbons (Fsp3) is 0.278. The number of nitrogens with zero attached hydrogens (tertiary/aromatic N) is 4. The lowest BCUT2D eigenvalue weighted by atomic mass is 9.86. The van der Waals surface area contributed by atoms with E-state index in [0.717, 1.165) is 24.1 Å². The molecule has 5 nitrogen and oxygen atoms in total. The zero-order valence-electron chi connectivity index (χ0n) is 13.0. The molecule has 0 amide bonds. The van der Waals surface area contributed by atoms with Gasteiger partial charge in [-0.2, -0.15) is 5.10 Å². The first-order valence-corrected chi connectivity index (χ1v) is 7.90. The molecule has 1 aliphatic carbocycles. The van der Waals surface area contributed by atoms with Crippen LogP contribution >= 0.6 is 0 Å². The van der Waals surface area contributed by atoms with Gasteiger partial charge < -0.3 is 5.11 Å². The molecule has 0 aliphatic heterocycles. The third-order valence-corrected chi connectivity index (χ3v) is 4.76. The van der Waals surface area contributed by atoms with E-state index in [1.807, 2.05) is 18.2 Å². The maximum absolute atomic E-state index is 13.3. The van der Waals surface area contributed by atoms with Gasteiger partial charge in [0.1, 0.15) is 24.5 Å². The van der Waals surface area contributed by atoms with Crippen molar-refractivity contribution in [3.05, 3.63) is 78.4 Å². The summed E-state index contributed by atoms with van der Waals surface area (Å²) in [6.07, 6.45) is 5.73. The van der Waals surface area contributed by atoms with Crippen LogP contribution in [0.15, 0.2) is 61.3 Å². The number of hydrogen-bond acceptors (Lipinski definition) is 4. The first-order chi connectivity index (χ1) is 11.7. The van der Waals surface area contributed by atoms with Gasteiger partial charge in [-0.05, 0) is 42.7 Å². The average Bonchev–Trinajstić information content (AvgIpc) is 3.27. The van der Waals surface area contributed by atoms with E-state index in [1.54, 1.807) is 29.3 Å². The van der Waals surface area contributed by atoms with Crippen LogP contribution in [0.5, 0.6) is 0 Å². The van der Waals surface area contributed by atoms with Crippen molar-refractivity contribution < 1.29 is 9.50 Å². The Morgan fingerprint density at radius 1 is 1.12 bits per heavy atom. The fourth-order valence-electron chi connectivity index (χ4n) is 3.30. The Kier molecular flexibility index (Phi) is 3.61. The Morgan fingerprint density at radius 3 is 2.50 bits per heavy atom. The smallest absolute Gasteiger partial charge is 0.137 e. The SMILES string of the molecule is OC(C(c1ccc(F)cc1)n1cncn1)C1(c2ccccn2)CC1. The van der Waals surface area contributed by atoms with E-state index < -0.39 is 17.6 Å². The maximum Gasteiger partial charge on any atom is 0.137 e. The van der Waals surface area contributed by atoms with Crippen LogP contribution in [-0.2, 0) is 5.41 Å². The molecule has 2 heterocycles. The van der Waals surface area contributed by atoms with Crippen molar-refractivity contribution in [2.45, 2.75) is 30.4 Å². The lowest BCUT2D eigenvalue weighted by Crippen LogP contribution is -2.37. The highest BCUT2D eigenvalue weighted by Crippen LogP contribution is 2.53. The second-order valence-corrected chi connectivity index (χ2v) is 6.19. The Hall–Kier alpha value is -2.60. The van der Waals surface area contributed by atoms with Gasteiger partial charge in [0.25, 0.3) is 0 Å². The third-order valence-electron chi connectivity index (χ3n) is 4.76. The molecule has 1 N–H and O–H groups in total. The summed E-state index contributed by atoms with van der Waals surface area (Å²) in [7, 11) is 0. The minimum absolute atomic E-state index is 0.309. The van der Waals surface area contributed by atoms with Gasteiger partial charge in [0.2, 0.25) is 0 Å². The zero-order valence-corrected chi connectivity index (χ0v) is 13.0. The Balaban J connectivity index is 1.75. The van der Waals surface area contributed by atoms with E-state index >= 15 is 0 Å². The Labute approximate surface area is 138 Å². The molecule has 0 spiro atoms. The van der Waals surface area contributed by atoms with Crippen LogP contribution in [0, 0.1) is 5.82 Å². The van der Waals surface area contributed by atoms with E-state index in [4.69, 9.17) is 0 Å². The number of rotatable bonds is 5. The molecule has 2 aromatic heterocycles. The molecule has 0 bridgehead atoms. The van der Waals surface area contributed by atoms with E-state index in [9.17, 15) is 9.50 Å². The molecular formula is C18H17FN4O. The minimum atomic E-state index is -0.737. The molecule has 122 valence electrons. The molecule has 6 heteroatoms. The molecule has 24 heavy (non-hydrogen) atoms. The fourth-order valence-corrected chi connectivity index (χ4v) is 3.30. The predicted octanol–water partition coefficient (Wildman–Crippen LogP) is 2.49. The number of pyridine rings is 1. The summed E-state index contributed by atoms with van der Waals surface area (Å²) < 4.78 is 14.9. The van der Waals surface area contributed by atoms with Gasteiger partial charge in [-0.25, -0.2) is 14.1 Å². The van der Waals surface area contributed by atoms with Crippen molar-refractivity contribution >= 4 is 0 Å². The van der Waals surface area contributed by atoms with Gasteiger partial charge in [-0.3, -0.25) is 4.98 Å². The second-order valence-electron chi connectivity index (χ2n) is 6.19. The monoisotopic (exact) mass is 324 g/mol. The lowest BCUT2D eigenvalue weighted by molar-refractivity contribution is 0.0838. The minimum Gasteiger partial charge on any atom is -0.390 e. The number of aliphatic hydroxyl groups is 1. The molecule has 1 aromatic carbocycles. The van der Waals surface area contributed by atoms with Crippen molar-refractivity contribution in [1.82, 2.24) is 19.7 Å². The van der Waals surface area contributed by atoms with Crippen LogP contribution in [0.4, 0.5) is 4.39 Å². The van der Waals surface area contributed by atoms with Crippen molar-refractivity contribution in [3.63, 3.8) is 0 Å². The van der Waals surface area contributed by atoms with Crippen LogP contribution in [0.2, 0.25) is 0 Å². The summed E-state index contributed by atoms with van der Waals surface area (Å²) in [5.41, 5.74) is 1.27. The Morgan fingerprint density at radius 2 is 1.92 bits per heavy atom. The first-order valence-electron chi connectivity index (χ1n) is 7.90. The summed E-state index contributed by atoms with van der Waals surface area (Å²) in [6.45, 7) is 0. The molecule has 1 aliphatic rings. The molecule has 2 atom stereocenters. The standard InChI is InChI=1S/C18H17FN4O/c19-14-6-4-13(5-7-14)16(23-12-20-11-22-23)17(24)18(8-9-18)15-3-1-2-10-21-15/h1-7,10-12,16-17,24H,8-9H2. The molecular weight excluding hydrogens is 307 g/mol. The molecule has 2 unspecified atom stereocenters. The van der Waals surface area contributed by atoms with Crippen LogP contribution in [0.3, 0.4) is 0 Å². The topological polar surface area (TPSA) is 63.8 Å². The van der Waals surface area contributed by atoms with E-state index in [-0.39, 0.29) is 5.82 Å². The van der Waals surface area contributed by atoms with Gasteiger partial charge in [0.05, 0.1) is 6.10 Å². The summed E-state index contributed by atoms with van der Waals surface area (Å²) >= 11 is 0. The molecule has 0 saturated heterocycles. The van der Waals surface area contributed by atoms with Crippen LogP contribution in [-0.4, -0.2) is 31.0 Å². The van der Waals surface area contributed by atoms with E-state index in [1.165, 1.54) is 18.5 Å². The lowest BCUT2D eigenvalue weighted by Gasteiger charge is -2.30. The van der Waals surface area contributed by atoms with Gasteiger partial charge >= 0.3 is 0 Å². The van der Waals surface area contributed by atoms with Crippen molar-refractivity contribution in [1.29, 1.82) is 0 Å². The number of aliphatic hydroxyl groups excluding tert-OH is 1. The quantitative estimate of drug-likeness (QED) is 0.783. The normalized spacial score (nSPS) is 18.1. The highest BCUT2D eigenvalue weighted by molar-refractivity contribution is 5.32. The van der Waals surface area contributed by atoms with Crippen molar-refractivity contribution in [2.24, 2.45) is 0 Å². The second kappa shape index (κ2) is 5.79. The highest BCUT2D eigenvalue weighted by Gasteiger charge is 2.54. The predicted molar refractivity (Wildman–Crippen MR) is 85.7 cm³/mol. The molecule has 1 saturated carbocycles. The van der Waals surface area contributed by atoms with Gasteiger partial charge in [-0.15, -0.1) is 0 Å². The Bertz CT molecular complexity index is 801. The van der Waals surface area contributed by atoms with Gasteiger partial charge in [0, 0.05) is 17.3 Å². The van der Waals surface area contributed by atoms with Crippen molar-refractivity contribution in [2.75, 3.05) is 0 Å². The largest absolute Gasteiger partial charge is 0.390 e. The molecule has 3 aromatic rings. The third kappa shape index (κ3) is 2.49. The molecule has 1 fully saturated rings. The average molecular weight is 324 g/mol. The summed E-state index contributed by atoms with van der Waals surface area (Å²) in [4.78, 5) is 8.43. The number of aromatic nitrogens is 4. The summed E-state index contributed by atoms with van der Waals surface area (Å²) in [5.74, 6) is -0.309. The van der Waals surface area contributed by atoms with E-state index in [2.05, 4.69) is 15.1 Å². The maximum atomic E-state index is 13.3. The number of halogens is 1. The number of hydrogen-bond donors (Lipinski definition) is 1. The van der Waals surface area contributed by atoms with Crippen molar-refractivity contribution in [3.8, 4) is 0 Å². The van der Waals surface area contributed by atoms with Crippen LogP contribution < -0.4 is 0 Å². The number of benzene rings is 1. The zero-order chi connectivity index (χ0) is 16.6.